The van der Waals surface area contributed by atoms with E-state index in [4.69, 9.17) is 24.7 Å². The van der Waals surface area contributed by atoms with Crippen LogP contribution in [0.15, 0.2) is 12.1 Å². The topological polar surface area (TPSA) is 62.9 Å². The van der Waals surface area contributed by atoms with Crippen molar-refractivity contribution < 1.29 is 18.9 Å². The van der Waals surface area contributed by atoms with Crippen molar-refractivity contribution in [1.82, 2.24) is 0 Å². The standard InChI is InChI=1S/C15H21NO4/c1-15(2)4-3-11(20-15)8-17-12-6-14-13(18-9-19-14)5-10(12)7-16/h5-6,11H,3-4,7-9,16H2,1-2H3. The second-order valence-corrected chi connectivity index (χ2v) is 5.87. The zero-order valence-electron chi connectivity index (χ0n) is 12.0. The van der Waals surface area contributed by atoms with Crippen LogP contribution < -0.4 is 19.9 Å². The molecular weight excluding hydrogens is 258 g/mol. The molecule has 0 aromatic heterocycles. The minimum atomic E-state index is -0.0421. The lowest BCUT2D eigenvalue weighted by Crippen LogP contribution is -2.24. The summed E-state index contributed by atoms with van der Waals surface area (Å²) in [5.41, 5.74) is 6.64. The Bertz CT molecular complexity index is 501. The van der Waals surface area contributed by atoms with Crippen molar-refractivity contribution in [1.29, 1.82) is 0 Å². The summed E-state index contributed by atoms with van der Waals surface area (Å²) >= 11 is 0. The SMILES string of the molecule is CC1(C)CCC(COc2cc3c(cc2CN)OCO3)O1. The van der Waals surface area contributed by atoms with Crippen LogP contribution in [0.5, 0.6) is 17.2 Å². The molecule has 1 atom stereocenters. The first-order chi connectivity index (χ1) is 9.57. The van der Waals surface area contributed by atoms with Crippen LogP contribution in [0, 0.1) is 0 Å². The van der Waals surface area contributed by atoms with Gasteiger partial charge in [-0.3, -0.25) is 0 Å². The second-order valence-electron chi connectivity index (χ2n) is 5.87. The maximum Gasteiger partial charge on any atom is 0.231 e. The van der Waals surface area contributed by atoms with E-state index in [9.17, 15) is 0 Å². The molecule has 5 heteroatoms. The van der Waals surface area contributed by atoms with E-state index in [0.717, 1.165) is 29.9 Å². The molecule has 1 saturated heterocycles. The molecule has 0 saturated carbocycles. The molecule has 2 aliphatic heterocycles. The Kier molecular flexibility index (Phi) is 3.48. The van der Waals surface area contributed by atoms with Gasteiger partial charge in [0.2, 0.25) is 6.79 Å². The molecule has 1 aromatic carbocycles. The third-order valence-electron chi connectivity index (χ3n) is 3.75. The molecule has 5 nitrogen and oxygen atoms in total. The molecule has 1 fully saturated rings. The van der Waals surface area contributed by atoms with Gasteiger partial charge in [-0.25, -0.2) is 0 Å². The third-order valence-corrected chi connectivity index (χ3v) is 3.75. The van der Waals surface area contributed by atoms with Gasteiger partial charge in [0, 0.05) is 18.2 Å². The van der Waals surface area contributed by atoms with Crippen LogP contribution in [0.25, 0.3) is 0 Å². The van der Waals surface area contributed by atoms with Gasteiger partial charge in [0.25, 0.3) is 0 Å². The summed E-state index contributed by atoms with van der Waals surface area (Å²) in [7, 11) is 0. The summed E-state index contributed by atoms with van der Waals surface area (Å²) in [4.78, 5) is 0. The van der Waals surface area contributed by atoms with Crippen LogP contribution in [0.3, 0.4) is 0 Å². The van der Waals surface area contributed by atoms with E-state index in [1.807, 2.05) is 12.1 Å². The number of nitrogens with two attached hydrogens (primary N) is 1. The van der Waals surface area contributed by atoms with Crippen molar-refractivity contribution in [3.8, 4) is 17.2 Å². The summed E-state index contributed by atoms with van der Waals surface area (Å²) in [6.07, 6.45) is 2.22. The van der Waals surface area contributed by atoms with Crippen molar-refractivity contribution in [2.24, 2.45) is 5.73 Å². The van der Waals surface area contributed by atoms with Crippen molar-refractivity contribution in [2.45, 2.75) is 44.9 Å². The van der Waals surface area contributed by atoms with E-state index in [1.54, 1.807) is 0 Å². The minimum Gasteiger partial charge on any atom is -0.490 e. The van der Waals surface area contributed by atoms with Gasteiger partial charge in [-0.15, -0.1) is 0 Å². The van der Waals surface area contributed by atoms with Gasteiger partial charge in [-0.05, 0) is 32.8 Å². The number of hydrogen-bond donors (Lipinski definition) is 1. The summed E-state index contributed by atoms with van der Waals surface area (Å²) in [6.45, 7) is 5.42. The van der Waals surface area contributed by atoms with E-state index in [0.29, 0.717) is 18.9 Å². The Morgan fingerprint density at radius 1 is 1.30 bits per heavy atom. The van der Waals surface area contributed by atoms with Gasteiger partial charge < -0.3 is 24.7 Å². The van der Waals surface area contributed by atoms with E-state index >= 15 is 0 Å². The van der Waals surface area contributed by atoms with Crippen LogP contribution >= 0.6 is 0 Å². The van der Waals surface area contributed by atoms with Crippen LogP contribution in [0.2, 0.25) is 0 Å². The fourth-order valence-corrected chi connectivity index (χ4v) is 2.64. The monoisotopic (exact) mass is 279 g/mol. The van der Waals surface area contributed by atoms with E-state index in [1.165, 1.54) is 0 Å². The van der Waals surface area contributed by atoms with Crippen molar-refractivity contribution in [3.05, 3.63) is 17.7 Å². The minimum absolute atomic E-state index is 0.0421. The lowest BCUT2D eigenvalue weighted by Gasteiger charge is -2.20. The van der Waals surface area contributed by atoms with Gasteiger partial charge in [0.15, 0.2) is 11.5 Å². The van der Waals surface area contributed by atoms with Crippen LogP contribution in [0.4, 0.5) is 0 Å². The zero-order chi connectivity index (χ0) is 14.2. The van der Waals surface area contributed by atoms with E-state index in [2.05, 4.69) is 13.8 Å². The molecule has 0 radical (unpaired) electrons. The molecule has 1 unspecified atom stereocenters. The first-order valence-corrected chi connectivity index (χ1v) is 7.00. The molecule has 0 aliphatic carbocycles. The lowest BCUT2D eigenvalue weighted by molar-refractivity contribution is -0.0327. The Morgan fingerprint density at radius 3 is 2.70 bits per heavy atom. The first-order valence-electron chi connectivity index (χ1n) is 7.00. The second kappa shape index (κ2) is 5.14. The number of ether oxygens (including phenoxy) is 4. The molecule has 0 spiro atoms. The maximum absolute atomic E-state index is 5.92. The molecule has 0 amide bonds. The summed E-state index contributed by atoms with van der Waals surface area (Å²) in [6, 6.07) is 3.74. The predicted molar refractivity (Wildman–Crippen MR) is 74.1 cm³/mol. The summed E-state index contributed by atoms with van der Waals surface area (Å²) in [5.74, 6) is 2.20. The highest BCUT2D eigenvalue weighted by atomic mass is 16.7. The third kappa shape index (κ3) is 2.69. The van der Waals surface area contributed by atoms with Gasteiger partial charge in [-0.1, -0.05) is 0 Å². The fraction of sp³-hybridized carbons (Fsp3) is 0.600. The zero-order valence-corrected chi connectivity index (χ0v) is 12.0. The largest absolute Gasteiger partial charge is 0.490 e. The Labute approximate surface area is 118 Å². The average molecular weight is 279 g/mol. The molecule has 2 N–H and O–H groups in total. The molecule has 3 rings (SSSR count). The van der Waals surface area contributed by atoms with Crippen molar-refractivity contribution >= 4 is 0 Å². The van der Waals surface area contributed by atoms with Crippen molar-refractivity contribution in [2.75, 3.05) is 13.4 Å². The molecule has 110 valence electrons. The predicted octanol–water partition coefficient (Wildman–Crippen LogP) is 2.21. The highest BCUT2D eigenvalue weighted by Crippen LogP contribution is 2.38. The molecule has 2 heterocycles. The normalized spacial score (nSPS) is 23.1. The molecule has 1 aromatic rings. The molecule has 20 heavy (non-hydrogen) atoms. The van der Waals surface area contributed by atoms with Gasteiger partial charge in [0.05, 0.1) is 11.7 Å². The molecule has 0 bridgehead atoms. The number of fused-ring (bicyclic) bond motifs is 1. The number of benzene rings is 1. The maximum atomic E-state index is 5.92. The highest BCUT2D eigenvalue weighted by Gasteiger charge is 2.32. The number of rotatable bonds is 4. The average Bonchev–Trinajstić information content (AvgIpc) is 3.00. The quantitative estimate of drug-likeness (QED) is 0.915. The van der Waals surface area contributed by atoms with E-state index < -0.39 is 0 Å². The molecule has 2 aliphatic rings. The number of hydrogen-bond acceptors (Lipinski definition) is 5. The Balaban J connectivity index is 1.68. The van der Waals surface area contributed by atoms with Crippen LogP contribution in [-0.4, -0.2) is 25.1 Å². The smallest absolute Gasteiger partial charge is 0.231 e. The van der Waals surface area contributed by atoms with Crippen LogP contribution in [0.1, 0.15) is 32.3 Å². The van der Waals surface area contributed by atoms with E-state index in [-0.39, 0.29) is 18.5 Å². The summed E-state index contributed by atoms with van der Waals surface area (Å²) < 4.78 is 22.5. The van der Waals surface area contributed by atoms with Gasteiger partial charge in [-0.2, -0.15) is 0 Å². The van der Waals surface area contributed by atoms with Gasteiger partial charge >= 0.3 is 0 Å². The Morgan fingerprint density at radius 2 is 2.05 bits per heavy atom. The molecular formula is C15H21NO4. The van der Waals surface area contributed by atoms with Crippen LogP contribution in [-0.2, 0) is 11.3 Å². The Hall–Kier alpha value is -1.46. The lowest BCUT2D eigenvalue weighted by atomic mass is 10.1. The highest BCUT2D eigenvalue weighted by molar-refractivity contribution is 5.51. The fourth-order valence-electron chi connectivity index (χ4n) is 2.64. The van der Waals surface area contributed by atoms with Crippen molar-refractivity contribution in [3.63, 3.8) is 0 Å². The first kappa shape index (κ1) is 13.5. The van der Waals surface area contributed by atoms with Gasteiger partial charge in [0.1, 0.15) is 12.4 Å². The summed E-state index contributed by atoms with van der Waals surface area (Å²) in [5, 5.41) is 0.